The quantitative estimate of drug-likeness (QED) is 0.334. The maximum Gasteiger partial charge on any atom is 0.0280 e. The molecule has 1 rings (SSSR count). The molecule has 1 saturated carbocycles. The molecule has 1 atom stereocenters. The molecule has 0 spiro atoms. The Hall–Kier alpha value is 0.0300. The third-order valence-corrected chi connectivity index (χ3v) is 3.63. The maximum atomic E-state index is 6.00. The van der Waals surface area contributed by atoms with Crippen LogP contribution in [0.5, 0.6) is 0 Å². The summed E-state index contributed by atoms with van der Waals surface area (Å²) in [7, 11) is 0. The largest absolute Gasteiger partial charge is 0.126 e. The lowest BCUT2D eigenvalue weighted by Crippen LogP contribution is -2.20. The maximum absolute atomic E-state index is 6.00. The van der Waals surface area contributed by atoms with Gasteiger partial charge in [0, 0.05) is 5.88 Å². The molecule has 1 heteroatoms. The molecule has 0 aromatic heterocycles. The van der Waals surface area contributed by atoms with Crippen molar-refractivity contribution in [3.8, 4) is 0 Å². The molecule has 0 bridgehead atoms. The third kappa shape index (κ3) is 2.52. The zero-order valence-corrected chi connectivity index (χ0v) is 8.74. The number of halogens is 1. The van der Waals surface area contributed by atoms with E-state index < -0.39 is 0 Å². The van der Waals surface area contributed by atoms with Crippen LogP contribution in [-0.2, 0) is 0 Å². The first-order chi connectivity index (χ1) is 5.73. The second-order valence-electron chi connectivity index (χ2n) is 4.24. The Kier molecular flexibility index (Phi) is 3.64. The van der Waals surface area contributed by atoms with Crippen molar-refractivity contribution in [2.24, 2.45) is 11.3 Å². The van der Waals surface area contributed by atoms with Crippen molar-refractivity contribution in [3.63, 3.8) is 0 Å². The summed E-state index contributed by atoms with van der Waals surface area (Å²) in [6.07, 6.45) is 8.46. The molecule has 0 amide bonds. The molecule has 70 valence electrons. The van der Waals surface area contributed by atoms with Crippen LogP contribution in [0.3, 0.4) is 0 Å². The second kappa shape index (κ2) is 4.32. The van der Waals surface area contributed by atoms with E-state index >= 15 is 0 Å². The van der Waals surface area contributed by atoms with Gasteiger partial charge in [0.25, 0.3) is 0 Å². The smallest absolute Gasteiger partial charge is 0.0280 e. The Balaban J connectivity index is 2.27. The minimum absolute atomic E-state index is 0.421. The lowest BCUT2D eigenvalue weighted by molar-refractivity contribution is 0.282. The van der Waals surface area contributed by atoms with E-state index in [0.717, 1.165) is 18.2 Å². The molecule has 0 N–H and O–H groups in total. The molecule has 0 radical (unpaired) electrons. The first-order valence-corrected chi connectivity index (χ1v) is 5.43. The van der Waals surface area contributed by atoms with Crippen LogP contribution < -0.4 is 0 Å². The second-order valence-corrected chi connectivity index (χ2v) is 4.51. The molecule has 1 aliphatic carbocycles. The lowest BCUT2D eigenvalue weighted by Gasteiger charge is -2.26. The summed E-state index contributed by atoms with van der Waals surface area (Å²) in [6.45, 7) is 6.07. The topological polar surface area (TPSA) is 0 Å². The number of allylic oxidation sites excluding steroid dienone is 1. The molecule has 1 aliphatic rings. The minimum Gasteiger partial charge on any atom is -0.126 e. The Bertz CT molecular complexity index is 149. The molecular weight excluding hydrogens is 168 g/mol. The average Bonchev–Trinajstić information content (AvgIpc) is 2.87. The first kappa shape index (κ1) is 10.1. The van der Waals surface area contributed by atoms with Crippen molar-refractivity contribution >= 4 is 11.6 Å². The fourth-order valence-electron chi connectivity index (χ4n) is 1.81. The van der Waals surface area contributed by atoms with Gasteiger partial charge in [0.15, 0.2) is 0 Å². The van der Waals surface area contributed by atoms with Crippen LogP contribution in [0.1, 0.15) is 39.0 Å². The highest BCUT2D eigenvalue weighted by molar-refractivity contribution is 6.18. The van der Waals surface area contributed by atoms with Crippen molar-refractivity contribution in [2.75, 3.05) is 5.88 Å². The molecule has 0 aromatic rings. The summed E-state index contributed by atoms with van der Waals surface area (Å²) in [6, 6.07) is 0. The number of rotatable bonds is 6. The van der Waals surface area contributed by atoms with Crippen molar-refractivity contribution in [1.82, 2.24) is 0 Å². The van der Waals surface area contributed by atoms with Crippen molar-refractivity contribution in [1.29, 1.82) is 0 Å². The molecule has 0 aromatic carbocycles. The van der Waals surface area contributed by atoms with E-state index in [-0.39, 0.29) is 0 Å². The van der Waals surface area contributed by atoms with Crippen LogP contribution in [0.4, 0.5) is 0 Å². The van der Waals surface area contributed by atoms with Crippen molar-refractivity contribution < 1.29 is 0 Å². The normalized spacial score (nSPS) is 21.8. The molecule has 0 aliphatic heterocycles. The lowest BCUT2D eigenvalue weighted by atomic mass is 9.82. The summed E-state index contributed by atoms with van der Waals surface area (Å²) in [5.74, 6) is 1.74. The summed E-state index contributed by atoms with van der Waals surface area (Å²) < 4.78 is 0. The van der Waals surface area contributed by atoms with E-state index in [1.54, 1.807) is 0 Å². The van der Waals surface area contributed by atoms with E-state index in [2.05, 4.69) is 13.5 Å². The van der Waals surface area contributed by atoms with E-state index in [1.807, 2.05) is 6.08 Å². The van der Waals surface area contributed by atoms with Crippen molar-refractivity contribution in [3.05, 3.63) is 12.7 Å². The van der Waals surface area contributed by atoms with Crippen LogP contribution in [0, 0.1) is 11.3 Å². The Morgan fingerprint density at radius 3 is 2.67 bits per heavy atom. The highest BCUT2D eigenvalue weighted by atomic mass is 35.5. The molecular formula is C11H19Cl. The molecule has 0 nitrogen and oxygen atoms in total. The SMILES string of the molecule is C=CCCCC(C)(CCl)C1CC1. The van der Waals surface area contributed by atoms with Crippen LogP contribution in [-0.4, -0.2) is 5.88 Å². The van der Waals surface area contributed by atoms with Crippen LogP contribution >= 0.6 is 11.6 Å². The highest BCUT2D eigenvalue weighted by Gasteiger charge is 2.39. The van der Waals surface area contributed by atoms with Gasteiger partial charge in [-0.15, -0.1) is 18.2 Å². The molecule has 12 heavy (non-hydrogen) atoms. The Morgan fingerprint density at radius 2 is 2.25 bits per heavy atom. The van der Waals surface area contributed by atoms with Gasteiger partial charge >= 0.3 is 0 Å². The fourth-order valence-corrected chi connectivity index (χ4v) is 2.16. The predicted octanol–water partition coefficient (Wildman–Crippen LogP) is 4.00. The number of hydrogen-bond donors (Lipinski definition) is 0. The summed E-state index contributed by atoms with van der Waals surface area (Å²) in [5, 5.41) is 0. The number of alkyl halides is 1. The molecule has 1 unspecified atom stereocenters. The van der Waals surface area contributed by atoms with E-state index in [9.17, 15) is 0 Å². The van der Waals surface area contributed by atoms with Gasteiger partial charge < -0.3 is 0 Å². The molecule has 0 saturated heterocycles. The monoisotopic (exact) mass is 186 g/mol. The van der Waals surface area contributed by atoms with Gasteiger partial charge in [0.05, 0.1) is 0 Å². The third-order valence-electron chi connectivity index (χ3n) is 3.02. The number of unbranched alkanes of at least 4 members (excludes halogenated alkanes) is 1. The van der Waals surface area contributed by atoms with Gasteiger partial charge in [0.1, 0.15) is 0 Å². The van der Waals surface area contributed by atoms with Gasteiger partial charge in [-0.1, -0.05) is 13.0 Å². The number of hydrogen-bond acceptors (Lipinski definition) is 0. The fraction of sp³-hybridized carbons (Fsp3) is 0.818. The van der Waals surface area contributed by atoms with Gasteiger partial charge in [0.2, 0.25) is 0 Å². The predicted molar refractivity (Wildman–Crippen MR) is 55.6 cm³/mol. The van der Waals surface area contributed by atoms with E-state index in [1.165, 1.54) is 25.7 Å². The summed E-state index contributed by atoms with van der Waals surface area (Å²) >= 11 is 6.00. The highest BCUT2D eigenvalue weighted by Crippen LogP contribution is 2.48. The van der Waals surface area contributed by atoms with Crippen LogP contribution in [0.25, 0.3) is 0 Å². The zero-order chi connectivity index (χ0) is 9.03. The van der Waals surface area contributed by atoms with Crippen LogP contribution in [0.15, 0.2) is 12.7 Å². The van der Waals surface area contributed by atoms with Gasteiger partial charge in [-0.05, 0) is 43.4 Å². The zero-order valence-electron chi connectivity index (χ0n) is 7.98. The Morgan fingerprint density at radius 1 is 1.58 bits per heavy atom. The minimum atomic E-state index is 0.421. The van der Waals surface area contributed by atoms with E-state index in [0.29, 0.717) is 5.41 Å². The van der Waals surface area contributed by atoms with Crippen LogP contribution in [0.2, 0.25) is 0 Å². The summed E-state index contributed by atoms with van der Waals surface area (Å²) in [5.41, 5.74) is 0.421. The summed E-state index contributed by atoms with van der Waals surface area (Å²) in [4.78, 5) is 0. The molecule has 0 heterocycles. The first-order valence-electron chi connectivity index (χ1n) is 4.90. The Labute approximate surface area is 81.0 Å². The standard InChI is InChI=1S/C11H19Cl/c1-3-4-5-8-11(2,9-12)10-6-7-10/h3,10H,1,4-9H2,2H3. The van der Waals surface area contributed by atoms with Crippen molar-refractivity contribution in [2.45, 2.75) is 39.0 Å². The van der Waals surface area contributed by atoms with Gasteiger partial charge in [-0.25, -0.2) is 0 Å². The van der Waals surface area contributed by atoms with Gasteiger partial charge in [-0.2, -0.15) is 0 Å². The van der Waals surface area contributed by atoms with Gasteiger partial charge in [-0.3, -0.25) is 0 Å². The average molecular weight is 187 g/mol. The molecule has 1 fully saturated rings. The van der Waals surface area contributed by atoms with E-state index in [4.69, 9.17) is 11.6 Å².